The number of hydrogen-bond acceptors (Lipinski definition) is 2. The van der Waals surface area contributed by atoms with Crippen molar-refractivity contribution in [2.24, 2.45) is 11.8 Å². The predicted molar refractivity (Wildman–Crippen MR) is 72.2 cm³/mol. The number of rotatable bonds is 4. The molecule has 1 aliphatic rings. The SMILES string of the molecule is CC1CCCC(CNc2cnn(C(C)C)c2)C1. The van der Waals surface area contributed by atoms with Gasteiger partial charge in [-0.1, -0.05) is 19.8 Å². The number of hydrogen-bond donors (Lipinski definition) is 1. The smallest absolute Gasteiger partial charge is 0.0726 e. The molecular weight excluding hydrogens is 210 g/mol. The van der Waals surface area contributed by atoms with Crippen LogP contribution in [0, 0.1) is 11.8 Å². The molecule has 1 N–H and O–H groups in total. The second-order valence-electron chi connectivity index (χ2n) is 5.82. The molecule has 0 bridgehead atoms. The Morgan fingerprint density at radius 3 is 2.94 bits per heavy atom. The summed E-state index contributed by atoms with van der Waals surface area (Å²) in [4.78, 5) is 0. The average Bonchev–Trinajstić information content (AvgIpc) is 2.75. The normalized spacial score (nSPS) is 25.2. The maximum absolute atomic E-state index is 4.35. The summed E-state index contributed by atoms with van der Waals surface area (Å²) in [7, 11) is 0. The number of nitrogens with zero attached hydrogens (tertiary/aromatic N) is 2. The maximum Gasteiger partial charge on any atom is 0.0726 e. The average molecular weight is 235 g/mol. The Morgan fingerprint density at radius 1 is 1.47 bits per heavy atom. The van der Waals surface area contributed by atoms with Gasteiger partial charge in [-0.2, -0.15) is 5.10 Å². The van der Waals surface area contributed by atoms with Crippen molar-refractivity contribution in [2.45, 2.75) is 52.5 Å². The van der Waals surface area contributed by atoms with Crippen LogP contribution in [-0.4, -0.2) is 16.3 Å². The van der Waals surface area contributed by atoms with Crippen LogP contribution in [0.4, 0.5) is 5.69 Å². The zero-order chi connectivity index (χ0) is 12.3. The Labute approximate surface area is 105 Å². The lowest BCUT2D eigenvalue weighted by molar-refractivity contribution is 0.293. The van der Waals surface area contributed by atoms with E-state index in [-0.39, 0.29) is 0 Å². The zero-order valence-corrected chi connectivity index (χ0v) is 11.3. The number of nitrogens with one attached hydrogen (secondary N) is 1. The Balaban J connectivity index is 1.80. The molecule has 0 aromatic carbocycles. The van der Waals surface area contributed by atoms with E-state index in [1.54, 1.807) is 0 Å². The molecule has 3 nitrogen and oxygen atoms in total. The van der Waals surface area contributed by atoms with Crippen molar-refractivity contribution in [3.63, 3.8) is 0 Å². The van der Waals surface area contributed by atoms with Gasteiger partial charge in [0.1, 0.15) is 0 Å². The minimum absolute atomic E-state index is 0.445. The molecule has 1 aliphatic carbocycles. The van der Waals surface area contributed by atoms with Gasteiger partial charge < -0.3 is 5.32 Å². The fraction of sp³-hybridized carbons (Fsp3) is 0.786. The first-order chi connectivity index (χ1) is 8.15. The Kier molecular flexibility index (Phi) is 4.08. The molecule has 1 heterocycles. The van der Waals surface area contributed by atoms with Crippen LogP contribution in [0.1, 0.15) is 52.5 Å². The van der Waals surface area contributed by atoms with Crippen molar-refractivity contribution >= 4 is 5.69 Å². The molecule has 2 atom stereocenters. The topological polar surface area (TPSA) is 29.9 Å². The van der Waals surface area contributed by atoms with E-state index in [4.69, 9.17) is 0 Å². The highest BCUT2D eigenvalue weighted by Crippen LogP contribution is 2.28. The zero-order valence-electron chi connectivity index (χ0n) is 11.3. The summed E-state index contributed by atoms with van der Waals surface area (Å²) in [5.41, 5.74) is 1.16. The van der Waals surface area contributed by atoms with E-state index in [0.29, 0.717) is 6.04 Å². The molecule has 0 aliphatic heterocycles. The second-order valence-corrected chi connectivity index (χ2v) is 5.82. The molecule has 1 fully saturated rings. The second kappa shape index (κ2) is 5.56. The highest BCUT2D eigenvalue weighted by Gasteiger charge is 2.18. The largest absolute Gasteiger partial charge is 0.382 e. The molecule has 2 rings (SSSR count). The van der Waals surface area contributed by atoms with E-state index in [1.165, 1.54) is 25.7 Å². The Hall–Kier alpha value is -0.990. The lowest BCUT2D eigenvalue weighted by Gasteiger charge is -2.26. The molecule has 1 aromatic rings. The van der Waals surface area contributed by atoms with Gasteiger partial charge >= 0.3 is 0 Å². The van der Waals surface area contributed by atoms with Gasteiger partial charge in [0, 0.05) is 18.8 Å². The quantitative estimate of drug-likeness (QED) is 0.862. The van der Waals surface area contributed by atoms with Gasteiger partial charge in [-0.15, -0.1) is 0 Å². The third-order valence-corrected chi connectivity index (χ3v) is 3.77. The van der Waals surface area contributed by atoms with Gasteiger partial charge in [0.15, 0.2) is 0 Å². The van der Waals surface area contributed by atoms with E-state index < -0.39 is 0 Å². The van der Waals surface area contributed by atoms with Gasteiger partial charge in [0.2, 0.25) is 0 Å². The first-order valence-corrected chi connectivity index (χ1v) is 6.93. The third kappa shape index (κ3) is 3.48. The van der Waals surface area contributed by atoms with Crippen LogP contribution >= 0.6 is 0 Å². The minimum atomic E-state index is 0.445. The lowest BCUT2D eigenvalue weighted by atomic mass is 9.82. The van der Waals surface area contributed by atoms with Crippen LogP contribution in [0.3, 0.4) is 0 Å². The fourth-order valence-electron chi connectivity index (χ4n) is 2.72. The molecule has 17 heavy (non-hydrogen) atoms. The summed E-state index contributed by atoms with van der Waals surface area (Å²) in [6.07, 6.45) is 9.63. The third-order valence-electron chi connectivity index (χ3n) is 3.77. The van der Waals surface area contributed by atoms with Crippen molar-refractivity contribution < 1.29 is 0 Å². The molecule has 3 heteroatoms. The van der Waals surface area contributed by atoms with Crippen LogP contribution in [0.2, 0.25) is 0 Å². The summed E-state index contributed by atoms with van der Waals surface area (Å²) >= 11 is 0. The van der Waals surface area contributed by atoms with Crippen molar-refractivity contribution in [2.75, 3.05) is 11.9 Å². The van der Waals surface area contributed by atoms with Crippen molar-refractivity contribution in [3.05, 3.63) is 12.4 Å². The summed E-state index contributed by atoms with van der Waals surface area (Å²) < 4.78 is 2.01. The van der Waals surface area contributed by atoms with Crippen molar-refractivity contribution in [1.29, 1.82) is 0 Å². The number of aromatic nitrogens is 2. The standard InChI is InChI=1S/C14H25N3/c1-11(2)17-10-14(9-16-17)15-8-13-6-4-5-12(3)7-13/h9-13,15H,4-8H2,1-3H3. The Morgan fingerprint density at radius 2 is 2.29 bits per heavy atom. The van der Waals surface area contributed by atoms with Crippen LogP contribution in [0.25, 0.3) is 0 Å². The van der Waals surface area contributed by atoms with Gasteiger partial charge in [-0.25, -0.2) is 0 Å². The first-order valence-electron chi connectivity index (χ1n) is 6.93. The van der Waals surface area contributed by atoms with Crippen LogP contribution in [0.5, 0.6) is 0 Å². The van der Waals surface area contributed by atoms with Crippen molar-refractivity contribution in [3.8, 4) is 0 Å². The Bertz CT molecular complexity index is 343. The molecule has 0 spiro atoms. The minimum Gasteiger partial charge on any atom is -0.382 e. The summed E-state index contributed by atoms with van der Waals surface area (Å²) in [6, 6.07) is 0.445. The molecular formula is C14H25N3. The molecule has 96 valence electrons. The fourth-order valence-corrected chi connectivity index (χ4v) is 2.72. The van der Waals surface area contributed by atoms with E-state index in [2.05, 4.69) is 37.4 Å². The van der Waals surface area contributed by atoms with Gasteiger partial charge in [0.25, 0.3) is 0 Å². The van der Waals surface area contributed by atoms with E-state index in [9.17, 15) is 0 Å². The summed E-state index contributed by atoms with van der Waals surface area (Å²) in [6.45, 7) is 7.79. The van der Waals surface area contributed by atoms with Crippen LogP contribution in [-0.2, 0) is 0 Å². The monoisotopic (exact) mass is 235 g/mol. The highest BCUT2D eigenvalue weighted by molar-refractivity contribution is 5.38. The molecule has 1 saturated carbocycles. The molecule has 0 amide bonds. The van der Waals surface area contributed by atoms with E-state index >= 15 is 0 Å². The number of anilines is 1. The molecule has 1 aromatic heterocycles. The summed E-state index contributed by atoms with van der Waals surface area (Å²) in [5.74, 6) is 1.76. The van der Waals surface area contributed by atoms with Crippen LogP contribution in [0.15, 0.2) is 12.4 Å². The van der Waals surface area contributed by atoms with Gasteiger partial charge in [-0.3, -0.25) is 4.68 Å². The maximum atomic E-state index is 4.35. The van der Waals surface area contributed by atoms with E-state index in [0.717, 1.165) is 24.1 Å². The predicted octanol–water partition coefficient (Wildman–Crippen LogP) is 3.70. The van der Waals surface area contributed by atoms with Crippen LogP contribution < -0.4 is 5.32 Å². The molecule has 2 unspecified atom stereocenters. The molecule has 0 saturated heterocycles. The van der Waals surface area contributed by atoms with Gasteiger partial charge in [0.05, 0.1) is 11.9 Å². The highest BCUT2D eigenvalue weighted by atomic mass is 15.3. The van der Waals surface area contributed by atoms with Crippen molar-refractivity contribution in [1.82, 2.24) is 9.78 Å². The first kappa shape index (κ1) is 12.5. The molecule has 0 radical (unpaired) electrons. The van der Waals surface area contributed by atoms with E-state index in [1.807, 2.05) is 10.9 Å². The lowest BCUT2D eigenvalue weighted by Crippen LogP contribution is -2.20. The van der Waals surface area contributed by atoms with Gasteiger partial charge in [-0.05, 0) is 38.5 Å². The summed E-state index contributed by atoms with van der Waals surface area (Å²) in [5, 5.41) is 7.88.